The van der Waals surface area contributed by atoms with Gasteiger partial charge in [0, 0.05) is 13.7 Å². The Morgan fingerprint density at radius 2 is 1.72 bits per heavy atom. The Labute approximate surface area is 209 Å². The number of aromatic nitrogens is 3. The van der Waals surface area contributed by atoms with Gasteiger partial charge in [-0.2, -0.15) is 0 Å². The Morgan fingerprint density at radius 1 is 1.00 bits per heavy atom. The van der Waals surface area contributed by atoms with Crippen LogP contribution in [0.2, 0.25) is 0 Å². The van der Waals surface area contributed by atoms with Crippen molar-refractivity contribution in [1.29, 1.82) is 0 Å². The number of amides is 2. The van der Waals surface area contributed by atoms with E-state index in [0.717, 1.165) is 11.1 Å². The SMILES string of the molecule is COCCNC(=O)[C@@H](c1ccccc1C)N(C(=O)Cn1nnc2ccccc21)c1ccccc1OC. The van der Waals surface area contributed by atoms with E-state index in [1.54, 1.807) is 25.3 Å². The maximum Gasteiger partial charge on any atom is 0.249 e. The van der Waals surface area contributed by atoms with Gasteiger partial charge >= 0.3 is 0 Å². The van der Waals surface area contributed by atoms with Crippen LogP contribution in [-0.4, -0.2) is 54.2 Å². The van der Waals surface area contributed by atoms with Gasteiger partial charge in [0.2, 0.25) is 11.8 Å². The van der Waals surface area contributed by atoms with Crippen LogP contribution in [0.4, 0.5) is 5.69 Å². The molecule has 0 aliphatic heterocycles. The van der Waals surface area contributed by atoms with Crippen molar-refractivity contribution in [2.45, 2.75) is 19.5 Å². The number of carbonyl (C=O) groups is 2. The molecule has 0 fully saturated rings. The van der Waals surface area contributed by atoms with Crippen LogP contribution >= 0.6 is 0 Å². The van der Waals surface area contributed by atoms with Gasteiger partial charge in [-0.3, -0.25) is 14.5 Å². The van der Waals surface area contributed by atoms with Gasteiger partial charge in [0.05, 0.1) is 24.9 Å². The summed E-state index contributed by atoms with van der Waals surface area (Å²) in [5.41, 5.74) is 3.47. The summed E-state index contributed by atoms with van der Waals surface area (Å²) < 4.78 is 12.2. The fourth-order valence-corrected chi connectivity index (χ4v) is 4.15. The van der Waals surface area contributed by atoms with E-state index in [1.165, 1.54) is 16.7 Å². The van der Waals surface area contributed by atoms with Crippen LogP contribution in [0.5, 0.6) is 5.75 Å². The van der Waals surface area contributed by atoms with Gasteiger partial charge in [0.15, 0.2) is 0 Å². The molecule has 0 bridgehead atoms. The fourth-order valence-electron chi connectivity index (χ4n) is 4.15. The molecule has 1 aromatic heterocycles. The van der Waals surface area contributed by atoms with Crippen LogP contribution < -0.4 is 15.0 Å². The highest BCUT2D eigenvalue weighted by atomic mass is 16.5. The van der Waals surface area contributed by atoms with Gasteiger partial charge < -0.3 is 14.8 Å². The lowest BCUT2D eigenvalue weighted by Crippen LogP contribution is -2.46. The van der Waals surface area contributed by atoms with Crippen LogP contribution in [0.3, 0.4) is 0 Å². The Balaban J connectivity index is 1.83. The fraction of sp³-hybridized carbons (Fsp3) is 0.259. The average Bonchev–Trinajstić information content (AvgIpc) is 3.30. The van der Waals surface area contributed by atoms with Crippen LogP contribution in [-0.2, 0) is 20.9 Å². The predicted octanol–water partition coefficient (Wildman–Crippen LogP) is 3.29. The zero-order valence-corrected chi connectivity index (χ0v) is 20.5. The van der Waals surface area contributed by atoms with Crippen molar-refractivity contribution < 1.29 is 19.1 Å². The molecule has 9 heteroatoms. The molecule has 1 heterocycles. The highest BCUT2D eigenvalue weighted by Crippen LogP contribution is 2.36. The molecule has 1 N–H and O–H groups in total. The van der Waals surface area contributed by atoms with Crippen molar-refractivity contribution in [3.63, 3.8) is 0 Å². The first-order valence-corrected chi connectivity index (χ1v) is 11.6. The quantitative estimate of drug-likeness (QED) is 0.345. The molecular weight excluding hydrogens is 458 g/mol. The molecule has 0 saturated heterocycles. The van der Waals surface area contributed by atoms with Gasteiger partial charge in [-0.25, -0.2) is 4.68 Å². The third-order valence-corrected chi connectivity index (χ3v) is 5.91. The van der Waals surface area contributed by atoms with Crippen molar-refractivity contribution in [2.24, 2.45) is 0 Å². The molecule has 1 atom stereocenters. The highest BCUT2D eigenvalue weighted by molar-refractivity contribution is 6.02. The zero-order chi connectivity index (χ0) is 25.5. The third kappa shape index (κ3) is 5.21. The van der Waals surface area contributed by atoms with Gasteiger partial charge in [-0.15, -0.1) is 5.10 Å². The van der Waals surface area contributed by atoms with Crippen molar-refractivity contribution in [2.75, 3.05) is 32.3 Å². The molecule has 0 spiro atoms. The molecule has 2 amide bonds. The van der Waals surface area contributed by atoms with Crippen molar-refractivity contribution in [1.82, 2.24) is 20.3 Å². The number of nitrogens with zero attached hydrogens (tertiary/aromatic N) is 4. The van der Waals surface area contributed by atoms with E-state index in [0.29, 0.717) is 35.7 Å². The maximum absolute atomic E-state index is 14.1. The number of anilines is 1. The normalized spacial score (nSPS) is 11.8. The van der Waals surface area contributed by atoms with Crippen LogP contribution in [0.1, 0.15) is 17.2 Å². The molecular formula is C27H29N5O4. The van der Waals surface area contributed by atoms with E-state index < -0.39 is 6.04 Å². The van der Waals surface area contributed by atoms with Crippen LogP contribution in [0.25, 0.3) is 11.0 Å². The molecule has 0 unspecified atom stereocenters. The van der Waals surface area contributed by atoms with E-state index in [4.69, 9.17) is 9.47 Å². The number of nitrogens with one attached hydrogen (secondary N) is 1. The van der Waals surface area contributed by atoms with Gasteiger partial charge in [0.25, 0.3) is 0 Å². The molecule has 0 radical (unpaired) electrons. The third-order valence-electron chi connectivity index (χ3n) is 5.91. The van der Waals surface area contributed by atoms with Gasteiger partial charge in [0.1, 0.15) is 23.9 Å². The topological polar surface area (TPSA) is 98.6 Å². The molecule has 3 aromatic carbocycles. The van der Waals surface area contributed by atoms with Crippen LogP contribution in [0.15, 0.2) is 72.8 Å². The second kappa shape index (κ2) is 11.5. The van der Waals surface area contributed by atoms with E-state index >= 15 is 0 Å². The molecule has 0 aliphatic carbocycles. The number of benzene rings is 3. The van der Waals surface area contributed by atoms with E-state index in [-0.39, 0.29) is 18.4 Å². The summed E-state index contributed by atoms with van der Waals surface area (Å²) in [6.45, 7) is 2.45. The molecule has 186 valence electrons. The summed E-state index contributed by atoms with van der Waals surface area (Å²) >= 11 is 0. The first-order valence-electron chi connectivity index (χ1n) is 11.6. The second-order valence-electron chi connectivity index (χ2n) is 8.21. The first-order chi connectivity index (χ1) is 17.5. The number of hydrogen-bond acceptors (Lipinski definition) is 6. The summed E-state index contributed by atoms with van der Waals surface area (Å²) in [6.07, 6.45) is 0. The number of rotatable bonds is 10. The Kier molecular flexibility index (Phi) is 7.92. The number of methoxy groups -OCH3 is 2. The predicted molar refractivity (Wildman–Crippen MR) is 137 cm³/mol. The van der Waals surface area contributed by atoms with Crippen molar-refractivity contribution in [3.05, 3.63) is 83.9 Å². The molecule has 9 nitrogen and oxygen atoms in total. The zero-order valence-electron chi connectivity index (χ0n) is 20.5. The number of hydrogen-bond donors (Lipinski definition) is 1. The lowest BCUT2D eigenvalue weighted by Gasteiger charge is -2.33. The number of fused-ring (bicyclic) bond motifs is 1. The van der Waals surface area contributed by atoms with E-state index in [2.05, 4.69) is 15.6 Å². The molecule has 0 saturated carbocycles. The molecule has 4 rings (SSSR count). The summed E-state index contributed by atoms with van der Waals surface area (Å²) in [4.78, 5) is 29.2. The Morgan fingerprint density at radius 3 is 2.50 bits per heavy atom. The average molecular weight is 488 g/mol. The Bertz CT molecular complexity index is 1350. The number of para-hydroxylation sites is 3. The second-order valence-corrected chi connectivity index (χ2v) is 8.21. The van der Waals surface area contributed by atoms with E-state index in [9.17, 15) is 9.59 Å². The summed E-state index contributed by atoms with van der Waals surface area (Å²) in [6, 6.07) is 21.1. The summed E-state index contributed by atoms with van der Waals surface area (Å²) in [5, 5.41) is 11.3. The van der Waals surface area contributed by atoms with E-state index in [1.807, 2.05) is 61.5 Å². The summed E-state index contributed by atoms with van der Waals surface area (Å²) in [5.74, 6) is -0.202. The number of carbonyl (C=O) groups excluding carboxylic acids is 2. The first kappa shape index (κ1) is 24.9. The standard InChI is InChI=1S/C27H29N5O4/c1-19-10-4-5-11-20(19)26(27(34)28-16-17-35-2)32(23-14-8-9-15-24(23)36-3)25(33)18-31-22-13-7-6-12-21(22)29-30-31/h4-15,26H,16-18H2,1-3H3,(H,28,34)/t26-/m1/s1. The molecule has 36 heavy (non-hydrogen) atoms. The molecule has 0 aliphatic rings. The van der Waals surface area contributed by atoms with Gasteiger partial charge in [-0.1, -0.05) is 53.7 Å². The van der Waals surface area contributed by atoms with Crippen molar-refractivity contribution in [3.8, 4) is 5.75 Å². The largest absolute Gasteiger partial charge is 0.495 e. The van der Waals surface area contributed by atoms with Gasteiger partial charge in [-0.05, 0) is 42.3 Å². The Hall–Kier alpha value is -4.24. The number of ether oxygens (including phenoxy) is 2. The minimum Gasteiger partial charge on any atom is -0.495 e. The van der Waals surface area contributed by atoms with Crippen LogP contribution in [0, 0.1) is 6.92 Å². The minimum atomic E-state index is -0.957. The monoisotopic (exact) mass is 487 g/mol. The minimum absolute atomic E-state index is 0.119. The molecule has 4 aromatic rings. The summed E-state index contributed by atoms with van der Waals surface area (Å²) in [7, 11) is 3.10. The smallest absolute Gasteiger partial charge is 0.249 e. The van der Waals surface area contributed by atoms with Crippen molar-refractivity contribution >= 4 is 28.5 Å². The lowest BCUT2D eigenvalue weighted by molar-refractivity contribution is -0.127. The lowest BCUT2D eigenvalue weighted by atomic mass is 9.98. The number of aryl methyl sites for hydroxylation is 1. The highest BCUT2D eigenvalue weighted by Gasteiger charge is 2.35. The maximum atomic E-state index is 14.1.